The lowest BCUT2D eigenvalue weighted by atomic mass is 10.1. The first-order valence-corrected chi connectivity index (χ1v) is 7.29. The molecule has 0 fully saturated rings. The van der Waals surface area contributed by atoms with Crippen molar-refractivity contribution in [1.29, 1.82) is 0 Å². The van der Waals surface area contributed by atoms with Crippen molar-refractivity contribution in [1.82, 2.24) is 10.2 Å². The Balaban J connectivity index is 2.29. The number of nitrogens with two attached hydrogens (primary N) is 1. The standard InChI is InChI=1S/C12H15N3OS2/c1-8(13)11(18-12-15-14-7-17-12)9-5-3-4-6-10(9)16-2/h3-8,11H,13H2,1-2H3. The predicted molar refractivity (Wildman–Crippen MR) is 75.2 cm³/mol. The van der Waals surface area contributed by atoms with Crippen molar-refractivity contribution >= 4 is 23.1 Å². The third-order valence-electron chi connectivity index (χ3n) is 2.49. The van der Waals surface area contributed by atoms with Crippen molar-refractivity contribution in [2.75, 3.05) is 7.11 Å². The lowest BCUT2D eigenvalue weighted by molar-refractivity contribution is 0.408. The molecule has 0 aliphatic heterocycles. The van der Waals surface area contributed by atoms with Gasteiger partial charge >= 0.3 is 0 Å². The van der Waals surface area contributed by atoms with E-state index in [1.165, 1.54) is 11.3 Å². The number of rotatable bonds is 5. The minimum Gasteiger partial charge on any atom is -0.496 e. The number of benzene rings is 1. The van der Waals surface area contributed by atoms with Crippen LogP contribution in [0.3, 0.4) is 0 Å². The summed E-state index contributed by atoms with van der Waals surface area (Å²) < 4.78 is 6.31. The zero-order valence-electron chi connectivity index (χ0n) is 10.2. The quantitative estimate of drug-likeness (QED) is 0.854. The Labute approximate surface area is 115 Å². The second-order valence-corrected chi connectivity index (χ2v) is 6.07. The molecule has 0 saturated carbocycles. The summed E-state index contributed by atoms with van der Waals surface area (Å²) in [5.41, 5.74) is 8.91. The van der Waals surface area contributed by atoms with E-state index in [1.807, 2.05) is 31.2 Å². The molecular weight excluding hydrogens is 266 g/mol. The summed E-state index contributed by atoms with van der Waals surface area (Å²) >= 11 is 3.15. The van der Waals surface area contributed by atoms with E-state index in [0.29, 0.717) is 0 Å². The number of methoxy groups -OCH3 is 1. The molecular formula is C12H15N3OS2. The van der Waals surface area contributed by atoms with Crippen molar-refractivity contribution in [2.45, 2.75) is 22.6 Å². The van der Waals surface area contributed by atoms with Gasteiger partial charge in [-0.05, 0) is 13.0 Å². The molecule has 1 aromatic heterocycles. The van der Waals surface area contributed by atoms with Crippen molar-refractivity contribution < 1.29 is 4.74 Å². The van der Waals surface area contributed by atoms with E-state index < -0.39 is 0 Å². The molecule has 0 saturated heterocycles. The molecule has 18 heavy (non-hydrogen) atoms. The first-order chi connectivity index (χ1) is 8.72. The zero-order chi connectivity index (χ0) is 13.0. The van der Waals surface area contributed by atoms with Gasteiger partial charge in [0.25, 0.3) is 0 Å². The van der Waals surface area contributed by atoms with Crippen molar-refractivity contribution in [3.63, 3.8) is 0 Å². The second kappa shape index (κ2) is 6.17. The van der Waals surface area contributed by atoms with Crippen molar-refractivity contribution in [2.24, 2.45) is 5.73 Å². The molecule has 1 aromatic carbocycles. The molecule has 2 N–H and O–H groups in total. The summed E-state index contributed by atoms with van der Waals surface area (Å²) in [7, 11) is 1.67. The Morgan fingerprint density at radius 3 is 2.78 bits per heavy atom. The fourth-order valence-electron chi connectivity index (χ4n) is 1.68. The largest absolute Gasteiger partial charge is 0.496 e. The number of thioether (sulfide) groups is 1. The fourth-order valence-corrected chi connectivity index (χ4v) is 3.47. The number of hydrogen-bond acceptors (Lipinski definition) is 6. The van der Waals surface area contributed by atoms with E-state index in [-0.39, 0.29) is 11.3 Å². The molecule has 96 valence electrons. The van der Waals surface area contributed by atoms with E-state index in [0.717, 1.165) is 15.7 Å². The Hall–Kier alpha value is -1.11. The molecule has 0 radical (unpaired) electrons. The van der Waals surface area contributed by atoms with Gasteiger partial charge in [0.1, 0.15) is 11.3 Å². The monoisotopic (exact) mass is 281 g/mol. The molecule has 0 bridgehead atoms. The maximum absolute atomic E-state index is 6.09. The molecule has 6 heteroatoms. The number of nitrogens with zero attached hydrogens (tertiary/aromatic N) is 2. The number of aromatic nitrogens is 2. The van der Waals surface area contributed by atoms with Crippen LogP contribution in [-0.4, -0.2) is 23.3 Å². The molecule has 2 atom stereocenters. The van der Waals surface area contributed by atoms with E-state index >= 15 is 0 Å². The van der Waals surface area contributed by atoms with Gasteiger partial charge in [0, 0.05) is 11.6 Å². The molecule has 2 aromatic rings. The van der Waals surface area contributed by atoms with Gasteiger partial charge in [0.05, 0.1) is 12.4 Å². The van der Waals surface area contributed by atoms with Gasteiger partial charge in [-0.3, -0.25) is 0 Å². The molecule has 0 amide bonds. The smallest absolute Gasteiger partial charge is 0.174 e. The lowest BCUT2D eigenvalue weighted by Crippen LogP contribution is -2.23. The van der Waals surface area contributed by atoms with E-state index in [2.05, 4.69) is 10.2 Å². The molecule has 2 rings (SSSR count). The number of ether oxygens (including phenoxy) is 1. The summed E-state index contributed by atoms with van der Waals surface area (Å²) in [6.45, 7) is 1.99. The van der Waals surface area contributed by atoms with Crippen molar-refractivity contribution in [3.05, 3.63) is 35.3 Å². The fraction of sp³-hybridized carbons (Fsp3) is 0.333. The summed E-state index contributed by atoms with van der Waals surface area (Å²) in [5.74, 6) is 0.858. The van der Waals surface area contributed by atoms with Gasteiger partial charge in [-0.2, -0.15) is 0 Å². The molecule has 0 spiro atoms. The maximum Gasteiger partial charge on any atom is 0.174 e. The highest BCUT2D eigenvalue weighted by atomic mass is 32.2. The molecule has 1 heterocycles. The summed E-state index contributed by atoms with van der Waals surface area (Å²) in [6.07, 6.45) is 0. The van der Waals surface area contributed by atoms with E-state index in [4.69, 9.17) is 10.5 Å². The molecule has 0 aliphatic carbocycles. The Kier molecular flexibility index (Phi) is 4.57. The average molecular weight is 281 g/mol. The van der Waals surface area contributed by atoms with Gasteiger partial charge in [0.15, 0.2) is 4.34 Å². The SMILES string of the molecule is COc1ccccc1C(Sc1nncs1)C(C)N. The summed E-state index contributed by atoms with van der Waals surface area (Å²) in [5, 5.41) is 8.01. The lowest BCUT2D eigenvalue weighted by Gasteiger charge is -2.21. The first-order valence-electron chi connectivity index (χ1n) is 5.53. The van der Waals surface area contributed by atoms with Crippen LogP contribution in [0, 0.1) is 0 Å². The molecule has 4 nitrogen and oxygen atoms in total. The van der Waals surface area contributed by atoms with Crippen molar-refractivity contribution in [3.8, 4) is 5.75 Å². The minimum atomic E-state index is -0.00444. The van der Waals surface area contributed by atoms with Crippen LogP contribution >= 0.6 is 23.1 Å². The number of hydrogen-bond donors (Lipinski definition) is 1. The van der Waals surface area contributed by atoms with Crippen LogP contribution in [0.4, 0.5) is 0 Å². The second-order valence-electron chi connectivity index (χ2n) is 3.84. The average Bonchev–Trinajstić information content (AvgIpc) is 2.88. The van der Waals surface area contributed by atoms with Gasteiger partial charge in [0.2, 0.25) is 0 Å². The number of para-hydroxylation sites is 1. The zero-order valence-corrected chi connectivity index (χ0v) is 11.9. The third kappa shape index (κ3) is 3.01. The highest BCUT2D eigenvalue weighted by Crippen LogP contribution is 2.41. The van der Waals surface area contributed by atoms with E-state index in [1.54, 1.807) is 24.4 Å². The van der Waals surface area contributed by atoms with Gasteiger partial charge in [-0.1, -0.05) is 41.3 Å². The first kappa shape index (κ1) is 13.3. The van der Waals surface area contributed by atoms with Crippen LogP contribution in [0.5, 0.6) is 5.75 Å². The van der Waals surface area contributed by atoms with Crippen LogP contribution in [0.25, 0.3) is 0 Å². The van der Waals surface area contributed by atoms with Crippen LogP contribution in [0.2, 0.25) is 0 Å². The highest BCUT2D eigenvalue weighted by Gasteiger charge is 2.22. The van der Waals surface area contributed by atoms with E-state index in [9.17, 15) is 0 Å². The van der Waals surface area contributed by atoms with Gasteiger partial charge in [-0.15, -0.1) is 10.2 Å². The van der Waals surface area contributed by atoms with Crippen LogP contribution in [0.1, 0.15) is 17.7 Å². The summed E-state index contributed by atoms with van der Waals surface area (Å²) in [6, 6.07) is 7.94. The topological polar surface area (TPSA) is 61.0 Å². The van der Waals surface area contributed by atoms with Crippen LogP contribution in [0.15, 0.2) is 34.1 Å². The minimum absolute atomic E-state index is 0.00444. The predicted octanol–water partition coefficient (Wildman–Crippen LogP) is 2.73. The Morgan fingerprint density at radius 2 is 2.17 bits per heavy atom. The molecule has 2 unspecified atom stereocenters. The highest BCUT2D eigenvalue weighted by molar-refractivity contribution is 8.01. The Bertz CT molecular complexity index is 488. The van der Waals surface area contributed by atoms with Crippen LogP contribution in [-0.2, 0) is 0 Å². The van der Waals surface area contributed by atoms with Gasteiger partial charge < -0.3 is 10.5 Å². The Morgan fingerprint density at radius 1 is 1.39 bits per heavy atom. The van der Waals surface area contributed by atoms with Gasteiger partial charge in [-0.25, -0.2) is 0 Å². The van der Waals surface area contributed by atoms with Crippen LogP contribution < -0.4 is 10.5 Å². The molecule has 0 aliphatic rings. The maximum atomic E-state index is 6.09. The third-order valence-corrected chi connectivity index (χ3v) is 4.77. The normalized spacial score (nSPS) is 14.2. The summed E-state index contributed by atoms with van der Waals surface area (Å²) in [4.78, 5) is 0.